The monoisotopic (exact) mass is 202 g/mol. The first-order valence-corrected chi connectivity index (χ1v) is 5.01. The summed E-state index contributed by atoms with van der Waals surface area (Å²) in [5, 5.41) is 0. The minimum Gasteiger partial charge on any atom is -0.479 e. The van der Waals surface area contributed by atoms with E-state index in [4.69, 9.17) is 4.74 Å². The summed E-state index contributed by atoms with van der Waals surface area (Å²) in [6, 6.07) is 7.95. The molecule has 1 aliphatic heterocycles. The highest BCUT2D eigenvalue weighted by atomic mass is 16.5. The molecule has 0 saturated carbocycles. The molecule has 1 heterocycles. The summed E-state index contributed by atoms with van der Waals surface area (Å²) < 4.78 is 5.60. The molecule has 15 heavy (non-hydrogen) atoms. The van der Waals surface area contributed by atoms with Gasteiger partial charge >= 0.3 is 0 Å². The molecule has 0 bridgehead atoms. The van der Waals surface area contributed by atoms with E-state index in [-0.39, 0.29) is 5.78 Å². The lowest BCUT2D eigenvalue weighted by Crippen LogP contribution is -2.27. The summed E-state index contributed by atoms with van der Waals surface area (Å²) in [6.07, 6.45) is 1.57. The molecular formula is C13H14O2. The standard InChI is InChI=1S/C13H14O2/c1-9-4-6-10(7-5-9)11-8-12(14)13(2,3)15-11/h4-8H,1-3H3. The molecule has 1 aromatic rings. The Morgan fingerprint density at radius 2 is 1.73 bits per heavy atom. The van der Waals surface area contributed by atoms with Gasteiger partial charge in [0.1, 0.15) is 5.76 Å². The van der Waals surface area contributed by atoms with E-state index in [1.807, 2.05) is 31.2 Å². The van der Waals surface area contributed by atoms with Crippen LogP contribution in [0.25, 0.3) is 5.76 Å². The Balaban J connectivity index is 2.31. The van der Waals surface area contributed by atoms with E-state index in [2.05, 4.69) is 0 Å². The fourth-order valence-corrected chi connectivity index (χ4v) is 1.51. The molecule has 0 amide bonds. The topological polar surface area (TPSA) is 26.3 Å². The van der Waals surface area contributed by atoms with Crippen LogP contribution in [0.3, 0.4) is 0 Å². The first-order valence-electron chi connectivity index (χ1n) is 5.01. The van der Waals surface area contributed by atoms with Gasteiger partial charge in [-0.05, 0) is 20.8 Å². The number of aryl methyl sites for hydroxylation is 1. The predicted octanol–water partition coefficient (Wildman–Crippen LogP) is 2.71. The molecule has 78 valence electrons. The second kappa shape index (κ2) is 3.23. The van der Waals surface area contributed by atoms with Crippen molar-refractivity contribution in [1.29, 1.82) is 0 Å². The van der Waals surface area contributed by atoms with Gasteiger partial charge in [-0.1, -0.05) is 29.8 Å². The molecule has 2 rings (SSSR count). The predicted molar refractivity (Wildman–Crippen MR) is 59.3 cm³/mol. The summed E-state index contributed by atoms with van der Waals surface area (Å²) in [5.41, 5.74) is 1.45. The Kier molecular flexibility index (Phi) is 2.14. The van der Waals surface area contributed by atoms with Crippen LogP contribution in [0.5, 0.6) is 0 Å². The zero-order valence-corrected chi connectivity index (χ0v) is 9.20. The number of hydrogen-bond donors (Lipinski definition) is 0. The highest BCUT2D eigenvalue weighted by Gasteiger charge is 2.35. The fourth-order valence-electron chi connectivity index (χ4n) is 1.51. The third-order valence-electron chi connectivity index (χ3n) is 2.56. The Labute approximate surface area is 89.6 Å². The van der Waals surface area contributed by atoms with Crippen LogP contribution in [0.1, 0.15) is 25.0 Å². The smallest absolute Gasteiger partial charge is 0.202 e. The summed E-state index contributed by atoms with van der Waals surface area (Å²) in [4.78, 5) is 11.5. The van der Waals surface area contributed by atoms with E-state index in [0.29, 0.717) is 5.76 Å². The number of ether oxygens (including phenoxy) is 1. The number of benzene rings is 1. The molecule has 0 saturated heterocycles. The summed E-state index contributed by atoms with van der Waals surface area (Å²) in [5.74, 6) is 0.697. The Morgan fingerprint density at radius 1 is 1.13 bits per heavy atom. The molecule has 0 atom stereocenters. The molecular weight excluding hydrogens is 188 g/mol. The van der Waals surface area contributed by atoms with E-state index < -0.39 is 5.60 Å². The van der Waals surface area contributed by atoms with Crippen LogP contribution < -0.4 is 0 Å². The van der Waals surface area contributed by atoms with Gasteiger partial charge in [0.05, 0.1) is 0 Å². The number of carbonyl (C=O) groups is 1. The minimum absolute atomic E-state index is 0.0260. The lowest BCUT2D eigenvalue weighted by molar-refractivity contribution is -0.125. The largest absolute Gasteiger partial charge is 0.479 e. The summed E-state index contributed by atoms with van der Waals surface area (Å²) >= 11 is 0. The van der Waals surface area contributed by atoms with Gasteiger partial charge in [-0.15, -0.1) is 0 Å². The average molecular weight is 202 g/mol. The molecule has 2 nitrogen and oxygen atoms in total. The second-order valence-electron chi connectivity index (χ2n) is 4.35. The molecule has 0 spiro atoms. The van der Waals surface area contributed by atoms with Crippen molar-refractivity contribution in [2.24, 2.45) is 0 Å². The van der Waals surface area contributed by atoms with Crippen molar-refractivity contribution in [1.82, 2.24) is 0 Å². The molecule has 1 aromatic carbocycles. The molecule has 0 fully saturated rings. The van der Waals surface area contributed by atoms with E-state index in [1.54, 1.807) is 19.9 Å². The molecule has 0 N–H and O–H groups in total. The van der Waals surface area contributed by atoms with Crippen molar-refractivity contribution in [2.45, 2.75) is 26.4 Å². The van der Waals surface area contributed by atoms with Crippen LogP contribution in [0.4, 0.5) is 0 Å². The van der Waals surface area contributed by atoms with E-state index in [9.17, 15) is 4.79 Å². The fraction of sp³-hybridized carbons (Fsp3) is 0.308. The number of ketones is 1. The first kappa shape index (κ1) is 9.97. The van der Waals surface area contributed by atoms with Crippen molar-refractivity contribution < 1.29 is 9.53 Å². The second-order valence-corrected chi connectivity index (χ2v) is 4.35. The Hall–Kier alpha value is -1.57. The number of hydrogen-bond acceptors (Lipinski definition) is 2. The van der Waals surface area contributed by atoms with E-state index in [1.165, 1.54) is 5.56 Å². The normalized spacial score (nSPS) is 18.6. The Morgan fingerprint density at radius 3 is 2.20 bits per heavy atom. The summed E-state index contributed by atoms with van der Waals surface area (Å²) in [6.45, 7) is 5.60. The van der Waals surface area contributed by atoms with Crippen LogP contribution in [0.15, 0.2) is 30.3 Å². The van der Waals surface area contributed by atoms with Gasteiger partial charge in [0.2, 0.25) is 5.78 Å². The van der Waals surface area contributed by atoms with Gasteiger partial charge in [0.25, 0.3) is 0 Å². The lowest BCUT2D eigenvalue weighted by atomic mass is 10.1. The van der Waals surface area contributed by atoms with E-state index >= 15 is 0 Å². The zero-order chi connectivity index (χ0) is 11.1. The number of rotatable bonds is 1. The quantitative estimate of drug-likeness (QED) is 0.700. The van der Waals surface area contributed by atoms with Gasteiger partial charge in [-0.3, -0.25) is 4.79 Å². The highest BCUT2D eigenvalue weighted by molar-refractivity contribution is 6.04. The molecule has 1 aliphatic rings. The molecule has 0 unspecified atom stereocenters. The van der Waals surface area contributed by atoms with Gasteiger partial charge in [-0.25, -0.2) is 0 Å². The molecule has 0 aliphatic carbocycles. The maximum atomic E-state index is 11.5. The maximum absolute atomic E-state index is 11.5. The van der Waals surface area contributed by atoms with Crippen molar-refractivity contribution in [2.75, 3.05) is 0 Å². The third-order valence-corrected chi connectivity index (χ3v) is 2.56. The Bertz CT molecular complexity index is 424. The average Bonchev–Trinajstić information content (AvgIpc) is 2.42. The molecule has 0 radical (unpaired) electrons. The lowest BCUT2D eigenvalue weighted by Gasteiger charge is -2.18. The van der Waals surface area contributed by atoms with Gasteiger partial charge in [0.15, 0.2) is 5.60 Å². The molecule has 2 heteroatoms. The van der Waals surface area contributed by atoms with Gasteiger partial charge in [0, 0.05) is 11.6 Å². The van der Waals surface area contributed by atoms with Gasteiger partial charge < -0.3 is 4.74 Å². The summed E-state index contributed by atoms with van der Waals surface area (Å²) in [7, 11) is 0. The van der Waals surface area contributed by atoms with Crippen LogP contribution in [0.2, 0.25) is 0 Å². The van der Waals surface area contributed by atoms with Gasteiger partial charge in [-0.2, -0.15) is 0 Å². The van der Waals surface area contributed by atoms with Crippen molar-refractivity contribution >= 4 is 11.5 Å². The molecule has 0 aromatic heterocycles. The highest BCUT2D eigenvalue weighted by Crippen LogP contribution is 2.30. The van der Waals surface area contributed by atoms with Crippen LogP contribution in [-0.2, 0) is 9.53 Å². The van der Waals surface area contributed by atoms with Crippen LogP contribution in [-0.4, -0.2) is 11.4 Å². The van der Waals surface area contributed by atoms with E-state index in [0.717, 1.165) is 5.56 Å². The van der Waals surface area contributed by atoms with Crippen LogP contribution >= 0.6 is 0 Å². The van der Waals surface area contributed by atoms with Crippen molar-refractivity contribution in [3.8, 4) is 0 Å². The SMILES string of the molecule is Cc1ccc(C2=CC(=O)C(C)(C)O2)cc1. The van der Waals surface area contributed by atoms with Crippen molar-refractivity contribution in [3.63, 3.8) is 0 Å². The zero-order valence-electron chi connectivity index (χ0n) is 9.20. The van der Waals surface area contributed by atoms with Crippen molar-refractivity contribution in [3.05, 3.63) is 41.5 Å². The first-order chi connectivity index (χ1) is 6.99. The third kappa shape index (κ3) is 1.80. The minimum atomic E-state index is -0.708. The maximum Gasteiger partial charge on any atom is 0.202 e. The van der Waals surface area contributed by atoms with Crippen LogP contribution in [0, 0.1) is 6.92 Å². The number of carbonyl (C=O) groups excluding carboxylic acids is 1.